The van der Waals surface area contributed by atoms with Crippen LogP contribution >= 0.6 is 23.2 Å². The first-order valence-electron chi connectivity index (χ1n) is 5.66. The maximum Gasteiger partial charge on any atom is 0.147 e. The summed E-state index contributed by atoms with van der Waals surface area (Å²) in [7, 11) is 0. The summed E-state index contributed by atoms with van der Waals surface area (Å²) < 4.78 is 0. The number of nitrogens with zero attached hydrogens (tertiary/aromatic N) is 2. The van der Waals surface area contributed by atoms with Gasteiger partial charge in [0.2, 0.25) is 0 Å². The fourth-order valence-corrected chi connectivity index (χ4v) is 2.08. The number of aromatic nitrogens is 2. The van der Waals surface area contributed by atoms with Gasteiger partial charge in [0, 0.05) is 23.4 Å². The van der Waals surface area contributed by atoms with E-state index in [1.165, 1.54) is 0 Å². The highest BCUT2D eigenvalue weighted by Crippen LogP contribution is 2.35. The molecule has 2 heterocycles. The zero-order chi connectivity index (χ0) is 13.3. The summed E-state index contributed by atoms with van der Waals surface area (Å²) in [6, 6.07) is 5.75. The highest BCUT2D eigenvalue weighted by molar-refractivity contribution is 6.41. The molecule has 0 aliphatic carbocycles. The normalized spacial score (nSPS) is 11.6. The summed E-state index contributed by atoms with van der Waals surface area (Å²) in [4.78, 5) is 8.46. The van der Waals surface area contributed by atoms with E-state index >= 15 is 0 Å². The van der Waals surface area contributed by atoms with E-state index in [9.17, 15) is 0 Å². The highest BCUT2D eigenvalue weighted by Gasteiger charge is 2.22. The van der Waals surface area contributed by atoms with Crippen molar-refractivity contribution in [2.75, 3.05) is 0 Å². The molecule has 2 nitrogen and oxygen atoms in total. The van der Waals surface area contributed by atoms with Crippen LogP contribution in [-0.4, -0.2) is 9.97 Å². The third-order valence-corrected chi connectivity index (χ3v) is 3.31. The number of pyridine rings is 2. The molecular weight excluding hydrogens is 267 g/mol. The molecule has 0 amide bonds. The van der Waals surface area contributed by atoms with E-state index < -0.39 is 0 Å². The zero-order valence-corrected chi connectivity index (χ0v) is 12.0. The third kappa shape index (κ3) is 2.65. The molecule has 0 aromatic carbocycles. The lowest BCUT2D eigenvalue weighted by Crippen LogP contribution is -2.15. The molecule has 0 unspecified atom stereocenters. The molecule has 0 fully saturated rings. The lowest BCUT2D eigenvalue weighted by molar-refractivity contribution is 0.571. The van der Waals surface area contributed by atoms with Gasteiger partial charge in [-0.1, -0.05) is 44.0 Å². The molecular formula is C14H14Cl2N2. The lowest BCUT2D eigenvalue weighted by Gasteiger charge is -2.22. The van der Waals surface area contributed by atoms with Crippen LogP contribution in [0.2, 0.25) is 10.2 Å². The molecule has 0 aliphatic heterocycles. The topological polar surface area (TPSA) is 25.8 Å². The summed E-state index contributed by atoms with van der Waals surface area (Å²) in [6.07, 6.45) is 3.51. The second-order valence-electron chi connectivity index (χ2n) is 5.14. The summed E-state index contributed by atoms with van der Waals surface area (Å²) in [5.74, 6) is 0. The Morgan fingerprint density at radius 2 is 1.67 bits per heavy atom. The van der Waals surface area contributed by atoms with E-state index in [1.54, 1.807) is 12.4 Å². The van der Waals surface area contributed by atoms with Crippen LogP contribution in [0.1, 0.15) is 26.5 Å². The number of hydrogen-bond acceptors (Lipinski definition) is 2. The maximum absolute atomic E-state index is 6.08. The number of rotatable bonds is 1. The minimum Gasteiger partial charge on any atom is -0.265 e. The zero-order valence-electron chi connectivity index (χ0n) is 10.5. The molecule has 0 saturated heterocycles. The van der Waals surface area contributed by atoms with Crippen molar-refractivity contribution in [2.24, 2.45) is 0 Å². The molecule has 0 saturated carbocycles. The Labute approximate surface area is 117 Å². The first kappa shape index (κ1) is 13.3. The van der Waals surface area contributed by atoms with Crippen molar-refractivity contribution in [1.82, 2.24) is 9.97 Å². The van der Waals surface area contributed by atoms with Gasteiger partial charge in [0.25, 0.3) is 0 Å². The van der Waals surface area contributed by atoms with E-state index in [0.717, 1.165) is 16.8 Å². The van der Waals surface area contributed by atoms with Crippen molar-refractivity contribution in [3.8, 4) is 11.1 Å². The van der Waals surface area contributed by atoms with Gasteiger partial charge in [-0.25, -0.2) is 4.98 Å². The van der Waals surface area contributed by atoms with Crippen molar-refractivity contribution in [2.45, 2.75) is 26.2 Å². The molecule has 4 heteroatoms. The molecule has 0 spiro atoms. The van der Waals surface area contributed by atoms with Crippen molar-refractivity contribution < 1.29 is 0 Å². The van der Waals surface area contributed by atoms with Crippen LogP contribution in [0.25, 0.3) is 11.1 Å². The summed E-state index contributed by atoms with van der Waals surface area (Å²) >= 11 is 12.1. The van der Waals surface area contributed by atoms with Crippen LogP contribution in [0.5, 0.6) is 0 Å². The minimum atomic E-state index is -0.104. The molecule has 0 N–H and O–H groups in total. The monoisotopic (exact) mass is 280 g/mol. The standard InChI is InChI=1S/C14H14Cl2N2/c1-14(2,3)12-10(8-11(15)13(16)18-12)9-4-6-17-7-5-9/h4-8H,1-3H3. The molecule has 0 bridgehead atoms. The van der Waals surface area contributed by atoms with E-state index in [2.05, 4.69) is 30.7 Å². The Morgan fingerprint density at radius 3 is 2.22 bits per heavy atom. The molecule has 2 aromatic heterocycles. The van der Waals surface area contributed by atoms with Crippen LogP contribution in [-0.2, 0) is 5.41 Å². The second kappa shape index (κ2) is 4.87. The van der Waals surface area contributed by atoms with Crippen LogP contribution in [0, 0.1) is 0 Å². The third-order valence-electron chi connectivity index (χ3n) is 2.63. The molecule has 18 heavy (non-hydrogen) atoms. The first-order chi connectivity index (χ1) is 8.39. The van der Waals surface area contributed by atoms with Crippen LogP contribution < -0.4 is 0 Å². The summed E-state index contributed by atoms with van der Waals surface area (Å²) in [5, 5.41) is 0.816. The van der Waals surface area contributed by atoms with Crippen molar-refractivity contribution in [1.29, 1.82) is 0 Å². The largest absolute Gasteiger partial charge is 0.265 e. The predicted molar refractivity (Wildman–Crippen MR) is 76.2 cm³/mol. The van der Waals surface area contributed by atoms with Gasteiger partial charge in [-0.05, 0) is 23.8 Å². The van der Waals surface area contributed by atoms with Gasteiger partial charge in [-0.15, -0.1) is 0 Å². The predicted octanol–water partition coefficient (Wildman–Crippen LogP) is 4.75. The van der Waals surface area contributed by atoms with E-state index in [1.807, 2.05) is 18.2 Å². The van der Waals surface area contributed by atoms with Crippen molar-refractivity contribution >= 4 is 23.2 Å². The summed E-state index contributed by atoms with van der Waals surface area (Å²) in [5.41, 5.74) is 2.87. The second-order valence-corrected chi connectivity index (χ2v) is 5.91. The Hall–Kier alpha value is -1.12. The van der Waals surface area contributed by atoms with Crippen LogP contribution in [0.15, 0.2) is 30.6 Å². The quantitative estimate of drug-likeness (QED) is 0.705. The van der Waals surface area contributed by atoms with E-state index in [0.29, 0.717) is 10.2 Å². The van der Waals surface area contributed by atoms with Gasteiger partial charge < -0.3 is 0 Å². The lowest BCUT2D eigenvalue weighted by atomic mass is 9.86. The highest BCUT2D eigenvalue weighted by atomic mass is 35.5. The average Bonchev–Trinajstić information content (AvgIpc) is 2.32. The fourth-order valence-electron chi connectivity index (χ4n) is 1.79. The van der Waals surface area contributed by atoms with Gasteiger partial charge in [0.1, 0.15) is 5.15 Å². The first-order valence-corrected chi connectivity index (χ1v) is 6.42. The Morgan fingerprint density at radius 1 is 1.06 bits per heavy atom. The van der Waals surface area contributed by atoms with Crippen molar-refractivity contribution in [3.63, 3.8) is 0 Å². The van der Waals surface area contributed by atoms with Gasteiger partial charge in [-0.2, -0.15) is 0 Å². The Kier molecular flexibility index (Phi) is 3.60. The van der Waals surface area contributed by atoms with Gasteiger partial charge in [-0.3, -0.25) is 4.98 Å². The van der Waals surface area contributed by atoms with Crippen molar-refractivity contribution in [3.05, 3.63) is 46.5 Å². The molecule has 2 aromatic rings. The van der Waals surface area contributed by atoms with Gasteiger partial charge in [0.05, 0.1) is 10.7 Å². The SMILES string of the molecule is CC(C)(C)c1nc(Cl)c(Cl)cc1-c1ccncc1. The van der Waals surface area contributed by atoms with E-state index in [-0.39, 0.29) is 5.41 Å². The molecule has 94 valence electrons. The van der Waals surface area contributed by atoms with Gasteiger partial charge >= 0.3 is 0 Å². The average molecular weight is 281 g/mol. The smallest absolute Gasteiger partial charge is 0.147 e. The van der Waals surface area contributed by atoms with E-state index in [4.69, 9.17) is 23.2 Å². The molecule has 2 rings (SSSR count). The minimum absolute atomic E-state index is 0.104. The maximum atomic E-state index is 6.08. The van der Waals surface area contributed by atoms with Crippen LogP contribution in [0.4, 0.5) is 0 Å². The summed E-state index contributed by atoms with van der Waals surface area (Å²) in [6.45, 7) is 6.30. The van der Waals surface area contributed by atoms with Gasteiger partial charge in [0.15, 0.2) is 0 Å². The Bertz CT molecular complexity index is 560. The number of halogens is 2. The fraction of sp³-hybridized carbons (Fsp3) is 0.286. The van der Waals surface area contributed by atoms with Crippen LogP contribution in [0.3, 0.4) is 0 Å². The molecule has 0 atom stereocenters. The molecule has 0 aliphatic rings. The Balaban J connectivity index is 2.70. The molecule has 0 radical (unpaired) electrons. The number of hydrogen-bond donors (Lipinski definition) is 0.